The van der Waals surface area contributed by atoms with Gasteiger partial charge in [0.1, 0.15) is 5.82 Å². The Hall–Kier alpha value is -2.59. The highest BCUT2D eigenvalue weighted by molar-refractivity contribution is 6.30. The fourth-order valence-corrected chi connectivity index (χ4v) is 2.16. The quantitative estimate of drug-likeness (QED) is 0.763. The Morgan fingerprint density at radius 2 is 1.71 bits per heavy atom. The number of hydrogen-bond donors (Lipinski definition) is 2. The summed E-state index contributed by atoms with van der Waals surface area (Å²) in [5, 5.41) is 3.79. The van der Waals surface area contributed by atoms with E-state index in [1.807, 2.05) is 54.6 Å². The average molecular weight is 297 g/mol. The number of anilines is 3. The van der Waals surface area contributed by atoms with Gasteiger partial charge in [0.25, 0.3) is 0 Å². The standard InChI is InChI=1S/C16H13ClN4/c17-12-6-4-5-11(9-12)14-10-15(18)21-16(20-14)19-13-7-2-1-3-8-13/h1-10H,(H3,18,19,20,21). The Morgan fingerprint density at radius 1 is 0.905 bits per heavy atom. The molecule has 5 heteroatoms. The summed E-state index contributed by atoms with van der Waals surface area (Å²) >= 11 is 6.01. The molecule has 0 aliphatic carbocycles. The topological polar surface area (TPSA) is 63.8 Å². The fraction of sp³-hybridized carbons (Fsp3) is 0. The first kappa shape index (κ1) is 13.4. The van der Waals surface area contributed by atoms with E-state index in [0.29, 0.717) is 16.8 Å². The van der Waals surface area contributed by atoms with Gasteiger partial charge in [0.15, 0.2) is 0 Å². The third-order valence-electron chi connectivity index (χ3n) is 2.90. The lowest BCUT2D eigenvalue weighted by Crippen LogP contribution is -2.01. The molecule has 3 aromatic rings. The maximum Gasteiger partial charge on any atom is 0.229 e. The molecule has 0 saturated heterocycles. The highest BCUT2D eigenvalue weighted by atomic mass is 35.5. The van der Waals surface area contributed by atoms with Crippen LogP contribution >= 0.6 is 11.6 Å². The molecule has 0 radical (unpaired) electrons. The molecule has 0 aliphatic heterocycles. The molecule has 2 aromatic carbocycles. The maximum absolute atomic E-state index is 6.01. The number of hydrogen-bond acceptors (Lipinski definition) is 4. The maximum atomic E-state index is 6.01. The summed E-state index contributed by atoms with van der Waals surface area (Å²) in [6.07, 6.45) is 0. The van der Waals surface area contributed by atoms with E-state index in [-0.39, 0.29) is 0 Å². The van der Waals surface area contributed by atoms with Crippen molar-refractivity contribution in [2.45, 2.75) is 0 Å². The monoisotopic (exact) mass is 296 g/mol. The van der Waals surface area contributed by atoms with Gasteiger partial charge in [0.05, 0.1) is 5.69 Å². The Kier molecular flexibility index (Phi) is 3.71. The summed E-state index contributed by atoms with van der Waals surface area (Å²) < 4.78 is 0. The minimum atomic E-state index is 0.401. The summed E-state index contributed by atoms with van der Waals surface area (Å²) in [7, 11) is 0. The number of benzene rings is 2. The van der Waals surface area contributed by atoms with E-state index in [0.717, 1.165) is 16.9 Å². The Morgan fingerprint density at radius 3 is 2.48 bits per heavy atom. The van der Waals surface area contributed by atoms with Crippen LogP contribution in [0.1, 0.15) is 0 Å². The van der Waals surface area contributed by atoms with Crippen LogP contribution in [-0.4, -0.2) is 9.97 Å². The second-order valence-electron chi connectivity index (χ2n) is 4.50. The molecule has 0 unspecified atom stereocenters. The molecular formula is C16H13ClN4. The molecule has 1 aromatic heterocycles. The van der Waals surface area contributed by atoms with E-state index >= 15 is 0 Å². The second-order valence-corrected chi connectivity index (χ2v) is 4.94. The number of nitrogen functional groups attached to an aromatic ring is 1. The van der Waals surface area contributed by atoms with Crippen molar-refractivity contribution in [1.29, 1.82) is 0 Å². The molecule has 3 rings (SSSR count). The molecular weight excluding hydrogens is 284 g/mol. The summed E-state index contributed by atoms with van der Waals surface area (Å²) in [5.74, 6) is 0.856. The summed E-state index contributed by atoms with van der Waals surface area (Å²) in [6, 6.07) is 18.9. The number of rotatable bonds is 3. The lowest BCUT2D eigenvalue weighted by Gasteiger charge is -2.08. The van der Waals surface area contributed by atoms with Crippen molar-refractivity contribution < 1.29 is 0 Å². The fourth-order valence-electron chi connectivity index (χ4n) is 1.97. The van der Waals surface area contributed by atoms with E-state index in [4.69, 9.17) is 17.3 Å². The Labute approximate surface area is 127 Å². The van der Waals surface area contributed by atoms with E-state index in [1.165, 1.54) is 0 Å². The molecule has 0 bridgehead atoms. The molecule has 0 spiro atoms. The predicted molar refractivity (Wildman–Crippen MR) is 86.6 cm³/mol. The molecule has 104 valence electrons. The van der Waals surface area contributed by atoms with Crippen molar-refractivity contribution in [3.05, 3.63) is 65.7 Å². The van der Waals surface area contributed by atoms with Crippen molar-refractivity contribution >= 4 is 29.1 Å². The molecule has 0 atom stereocenters. The molecule has 21 heavy (non-hydrogen) atoms. The van der Waals surface area contributed by atoms with Gasteiger partial charge < -0.3 is 11.1 Å². The molecule has 1 heterocycles. The number of para-hydroxylation sites is 1. The van der Waals surface area contributed by atoms with Crippen LogP contribution in [0.25, 0.3) is 11.3 Å². The number of halogens is 1. The summed E-state index contributed by atoms with van der Waals surface area (Å²) in [6.45, 7) is 0. The van der Waals surface area contributed by atoms with E-state index < -0.39 is 0 Å². The Bertz CT molecular complexity index is 759. The second kappa shape index (κ2) is 5.81. The van der Waals surface area contributed by atoms with Crippen LogP contribution < -0.4 is 11.1 Å². The molecule has 0 fully saturated rings. The van der Waals surface area contributed by atoms with Crippen LogP contribution in [0.15, 0.2) is 60.7 Å². The zero-order valence-corrected chi connectivity index (χ0v) is 11.9. The van der Waals surface area contributed by atoms with Gasteiger partial charge in [-0.15, -0.1) is 0 Å². The third-order valence-corrected chi connectivity index (χ3v) is 3.13. The van der Waals surface area contributed by atoms with Crippen molar-refractivity contribution in [3.8, 4) is 11.3 Å². The zero-order valence-electron chi connectivity index (χ0n) is 11.1. The van der Waals surface area contributed by atoms with Crippen LogP contribution in [0.5, 0.6) is 0 Å². The number of nitrogens with two attached hydrogens (primary N) is 1. The van der Waals surface area contributed by atoms with Crippen LogP contribution in [0.3, 0.4) is 0 Å². The van der Waals surface area contributed by atoms with Gasteiger partial charge in [-0.05, 0) is 24.3 Å². The highest BCUT2D eigenvalue weighted by Gasteiger charge is 2.06. The first-order valence-electron chi connectivity index (χ1n) is 6.43. The van der Waals surface area contributed by atoms with Gasteiger partial charge in [-0.3, -0.25) is 0 Å². The van der Waals surface area contributed by atoms with Gasteiger partial charge in [0, 0.05) is 22.3 Å². The van der Waals surface area contributed by atoms with E-state index in [9.17, 15) is 0 Å². The van der Waals surface area contributed by atoms with Gasteiger partial charge in [-0.2, -0.15) is 4.98 Å². The average Bonchev–Trinajstić information content (AvgIpc) is 2.48. The molecule has 0 aliphatic rings. The van der Waals surface area contributed by atoms with Gasteiger partial charge in [0.2, 0.25) is 5.95 Å². The predicted octanol–water partition coefficient (Wildman–Crippen LogP) is 4.12. The highest BCUT2D eigenvalue weighted by Crippen LogP contribution is 2.24. The molecule has 0 amide bonds. The largest absolute Gasteiger partial charge is 0.384 e. The summed E-state index contributed by atoms with van der Waals surface area (Å²) in [4.78, 5) is 8.68. The summed E-state index contributed by atoms with van der Waals surface area (Å²) in [5.41, 5.74) is 8.39. The van der Waals surface area contributed by atoms with Gasteiger partial charge >= 0.3 is 0 Å². The first-order valence-corrected chi connectivity index (χ1v) is 6.81. The number of nitrogens with one attached hydrogen (secondary N) is 1. The SMILES string of the molecule is Nc1cc(-c2cccc(Cl)c2)nc(Nc2ccccc2)n1. The van der Waals surface area contributed by atoms with Gasteiger partial charge in [-0.25, -0.2) is 4.98 Å². The van der Waals surface area contributed by atoms with Crippen LogP contribution in [0.2, 0.25) is 5.02 Å². The zero-order chi connectivity index (χ0) is 14.7. The van der Waals surface area contributed by atoms with Crippen LogP contribution in [-0.2, 0) is 0 Å². The lowest BCUT2D eigenvalue weighted by molar-refractivity contribution is 1.18. The van der Waals surface area contributed by atoms with E-state index in [1.54, 1.807) is 6.07 Å². The molecule has 3 N–H and O–H groups in total. The van der Waals surface area contributed by atoms with Crippen molar-refractivity contribution in [2.24, 2.45) is 0 Å². The first-order chi connectivity index (χ1) is 10.2. The van der Waals surface area contributed by atoms with Crippen molar-refractivity contribution in [1.82, 2.24) is 9.97 Å². The smallest absolute Gasteiger partial charge is 0.229 e. The Balaban J connectivity index is 1.97. The van der Waals surface area contributed by atoms with Gasteiger partial charge in [-0.1, -0.05) is 41.9 Å². The lowest BCUT2D eigenvalue weighted by atomic mass is 10.1. The van der Waals surface area contributed by atoms with Crippen LogP contribution in [0.4, 0.5) is 17.5 Å². The van der Waals surface area contributed by atoms with Crippen molar-refractivity contribution in [2.75, 3.05) is 11.1 Å². The number of nitrogens with zero attached hydrogens (tertiary/aromatic N) is 2. The normalized spacial score (nSPS) is 10.3. The molecule has 4 nitrogen and oxygen atoms in total. The minimum Gasteiger partial charge on any atom is -0.384 e. The van der Waals surface area contributed by atoms with Crippen LogP contribution in [0, 0.1) is 0 Å². The third kappa shape index (κ3) is 3.30. The minimum absolute atomic E-state index is 0.401. The van der Waals surface area contributed by atoms with Crippen molar-refractivity contribution in [3.63, 3.8) is 0 Å². The molecule has 0 saturated carbocycles. The number of aromatic nitrogens is 2. The van der Waals surface area contributed by atoms with E-state index in [2.05, 4.69) is 15.3 Å².